The fourth-order valence-corrected chi connectivity index (χ4v) is 2.70. The fraction of sp³-hybridized carbons (Fsp3) is 0.125. The summed E-state index contributed by atoms with van der Waals surface area (Å²) in [7, 11) is 1.50. The number of hydrogen-bond acceptors (Lipinski definition) is 3. The molecule has 0 aliphatic carbocycles. The van der Waals surface area contributed by atoms with Gasteiger partial charge < -0.3 is 15.4 Å². The van der Waals surface area contributed by atoms with Crippen molar-refractivity contribution in [3.8, 4) is 5.75 Å². The van der Waals surface area contributed by atoms with Gasteiger partial charge in [-0.15, -0.1) is 0 Å². The molecule has 2 amide bonds. The zero-order valence-electron chi connectivity index (χ0n) is 12.4. The Labute approximate surface area is 147 Å². The van der Waals surface area contributed by atoms with Gasteiger partial charge in [-0.2, -0.15) is 0 Å². The second-order valence-corrected chi connectivity index (χ2v) is 6.00. The second kappa shape index (κ2) is 7.48. The minimum Gasteiger partial charge on any atom is -0.495 e. The highest BCUT2D eigenvalue weighted by atomic mass is 79.9. The first-order valence-electron chi connectivity index (χ1n) is 6.62. The van der Waals surface area contributed by atoms with Crippen LogP contribution in [0.25, 0.3) is 0 Å². The van der Waals surface area contributed by atoms with Gasteiger partial charge in [-0.05, 0) is 36.4 Å². The standard InChI is InChI=1S/C16H14BrClN2O3/c1-9(21)19-14-8-11(4-6-15(14)23-2)20-16(22)12-5-3-10(17)7-13(12)18/h3-8H,1-2H3,(H,19,21)(H,20,22). The lowest BCUT2D eigenvalue weighted by Crippen LogP contribution is -2.13. The third-order valence-corrected chi connectivity index (χ3v) is 3.75. The van der Waals surface area contributed by atoms with Crippen LogP contribution >= 0.6 is 27.5 Å². The molecule has 0 atom stereocenters. The van der Waals surface area contributed by atoms with Gasteiger partial charge in [-0.1, -0.05) is 27.5 Å². The summed E-state index contributed by atoms with van der Waals surface area (Å²) in [6.45, 7) is 1.40. The van der Waals surface area contributed by atoms with Crippen LogP contribution < -0.4 is 15.4 Å². The molecule has 120 valence electrons. The van der Waals surface area contributed by atoms with E-state index in [2.05, 4.69) is 26.6 Å². The van der Waals surface area contributed by atoms with Crippen molar-refractivity contribution in [3.05, 3.63) is 51.5 Å². The Morgan fingerprint density at radius 3 is 2.48 bits per heavy atom. The van der Waals surface area contributed by atoms with E-state index >= 15 is 0 Å². The summed E-state index contributed by atoms with van der Waals surface area (Å²) < 4.78 is 5.96. The quantitative estimate of drug-likeness (QED) is 0.807. The Balaban J connectivity index is 2.25. The summed E-state index contributed by atoms with van der Waals surface area (Å²) >= 11 is 9.36. The van der Waals surface area contributed by atoms with E-state index < -0.39 is 0 Å². The predicted molar refractivity (Wildman–Crippen MR) is 94.4 cm³/mol. The van der Waals surface area contributed by atoms with Crippen LogP contribution in [-0.2, 0) is 4.79 Å². The number of halogens is 2. The van der Waals surface area contributed by atoms with Crippen molar-refractivity contribution in [3.63, 3.8) is 0 Å². The third kappa shape index (κ3) is 4.46. The molecule has 0 bridgehead atoms. The minimum atomic E-state index is -0.346. The Morgan fingerprint density at radius 2 is 1.87 bits per heavy atom. The van der Waals surface area contributed by atoms with E-state index in [4.69, 9.17) is 16.3 Å². The van der Waals surface area contributed by atoms with Crippen LogP contribution in [0.1, 0.15) is 17.3 Å². The van der Waals surface area contributed by atoms with Crippen LogP contribution in [0.4, 0.5) is 11.4 Å². The van der Waals surface area contributed by atoms with Crippen molar-refractivity contribution in [1.29, 1.82) is 0 Å². The molecule has 0 spiro atoms. The summed E-state index contributed by atoms with van der Waals surface area (Å²) in [6.07, 6.45) is 0. The maximum absolute atomic E-state index is 12.3. The average molecular weight is 398 g/mol. The van der Waals surface area contributed by atoms with Gasteiger partial charge in [0.05, 0.1) is 23.4 Å². The van der Waals surface area contributed by atoms with E-state index in [1.807, 2.05) is 0 Å². The molecular formula is C16H14BrClN2O3. The zero-order valence-corrected chi connectivity index (χ0v) is 14.8. The summed E-state index contributed by atoms with van der Waals surface area (Å²) in [5.74, 6) is -0.0796. The van der Waals surface area contributed by atoms with Gasteiger partial charge in [0.15, 0.2) is 0 Å². The van der Waals surface area contributed by atoms with Crippen LogP contribution in [0.5, 0.6) is 5.75 Å². The Hall–Kier alpha value is -2.05. The number of hydrogen-bond donors (Lipinski definition) is 2. The topological polar surface area (TPSA) is 67.4 Å². The monoisotopic (exact) mass is 396 g/mol. The van der Waals surface area contributed by atoms with Crippen molar-refractivity contribution in [2.75, 3.05) is 17.7 Å². The molecular weight excluding hydrogens is 384 g/mol. The van der Waals surface area contributed by atoms with Crippen molar-refractivity contribution >= 4 is 50.7 Å². The lowest BCUT2D eigenvalue weighted by Gasteiger charge is -2.12. The van der Waals surface area contributed by atoms with Crippen molar-refractivity contribution in [2.24, 2.45) is 0 Å². The van der Waals surface area contributed by atoms with E-state index in [0.717, 1.165) is 4.47 Å². The first kappa shape index (κ1) is 17.3. The first-order valence-corrected chi connectivity index (χ1v) is 7.80. The molecule has 2 rings (SSSR count). The Bertz CT molecular complexity index is 765. The highest BCUT2D eigenvalue weighted by molar-refractivity contribution is 9.10. The number of carbonyl (C=O) groups excluding carboxylic acids is 2. The molecule has 0 aliphatic rings. The summed E-state index contributed by atoms with van der Waals surface area (Å²) in [6, 6.07) is 9.95. The SMILES string of the molecule is COc1ccc(NC(=O)c2ccc(Br)cc2Cl)cc1NC(C)=O. The normalized spacial score (nSPS) is 10.1. The molecule has 0 unspecified atom stereocenters. The predicted octanol–water partition coefficient (Wildman–Crippen LogP) is 4.32. The summed E-state index contributed by atoms with van der Waals surface area (Å²) in [4.78, 5) is 23.5. The van der Waals surface area contributed by atoms with E-state index in [-0.39, 0.29) is 11.8 Å². The molecule has 0 heterocycles. The molecule has 0 saturated carbocycles. The highest BCUT2D eigenvalue weighted by Gasteiger charge is 2.12. The number of benzene rings is 2. The van der Waals surface area contributed by atoms with Crippen molar-refractivity contribution < 1.29 is 14.3 Å². The Kier molecular flexibility index (Phi) is 5.63. The van der Waals surface area contributed by atoms with Gasteiger partial charge in [0.1, 0.15) is 5.75 Å². The van der Waals surface area contributed by atoms with Gasteiger partial charge in [0.2, 0.25) is 5.91 Å². The molecule has 0 fully saturated rings. The Morgan fingerprint density at radius 1 is 1.13 bits per heavy atom. The summed E-state index contributed by atoms with van der Waals surface area (Å²) in [5, 5.41) is 5.73. The van der Waals surface area contributed by atoms with E-state index in [1.54, 1.807) is 36.4 Å². The lowest BCUT2D eigenvalue weighted by atomic mass is 10.2. The van der Waals surface area contributed by atoms with Gasteiger partial charge in [0.25, 0.3) is 5.91 Å². The maximum atomic E-state index is 12.3. The molecule has 0 aliphatic heterocycles. The van der Waals surface area contributed by atoms with Crippen LogP contribution in [0.2, 0.25) is 5.02 Å². The number of ether oxygens (including phenoxy) is 1. The molecule has 2 aromatic carbocycles. The molecule has 0 radical (unpaired) electrons. The van der Waals surface area contributed by atoms with Crippen LogP contribution in [-0.4, -0.2) is 18.9 Å². The van der Waals surface area contributed by atoms with Gasteiger partial charge in [0, 0.05) is 17.1 Å². The molecule has 2 N–H and O–H groups in total. The smallest absolute Gasteiger partial charge is 0.257 e. The number of carbonyl (C=O) groups is 2. The molecule has 7 heteroatoms. The fourth-order valence-electron chi connectivity index (χ4n) is 1.95. The van der Waals surface area contributed by atoms with Gasteiger partial charge in [-0.3, -0.25) is 9.59 Å². The largest absolute Gasteiger partial charge is 0.495 e. The maximum Gasteiger partial charge on any atom is 0.257 e. The lowest BCUT2D eigenvalue weighted by molar-refractivity contribution is -0.114. The average Bonchev–Trinajstić information content (AvgIpc) is 2.46. The van der Waals surface area contributed by atoms with Crippen LogP contribution in [0, 0.1) is 0 Å². The number of anilines is 2. The minimum absolute atomic E-state index is 0.234. The molecule has 0 saturated heterocycles. The number of amides is 2. The summed E-state index contributed by atoms with van der Waals surface area (Å²) in [5.41, 5.74) is 1.34. The van der Waals surface area contributed by atoms with Crippen LogP contribution in [0.3, 0.4) is 0 Å². The highest BCUT2D eigenvalue weighted by Crippen LogP contribution is 2.29. The van der Waals surface area contributed by atoms with Gasteiger partial charge >= 0.3 is 0 Å². The van der Waals surface area contributed by atoms with E-state index in [0.29, 0.717) is 27.7 Å². The van der Waals surface area contributed by atoms with Crippen molar-refractivity contribution in [2.45, 2.75) is 6.92 Å². The van der Waals surface area contributed by atoms with E-state index in [1.165, 1.54) is 14.0 Å². The molecule has 0 aromatic heterocycles. The zero-order chi connectivity index (χ0) is 17.0. The number of nitrogens with one attached hydrogen (secondary N) is 2. The third-order valence-electron chi connectivity index (χ3n) is 2.94. The first-order chi connectivity index (χ1) is 10.9. The molecule has 5 nitrogen and oxygen atoms in total. The van der Waals surface area contributed by atoms with E-state index in [9.17, 15) is 9.59 Å². The second-order valence-electron chi connectivity index (χ2n) is 4.67. The number of rotatable bonds is 4. The number of methoxy groups -OCH3 is 1. The van der Waals surface area contributed by atoms with Crippen LogP contribution in [0.15, 0.2) is 40.9 Å². The molecule has 2 aromatic rings. The van der Waals surface area contributed by atoms with Crippen molar-refractivity contribution in [1.82, 2.24) is 0 Å². The van der Waals surface area contributed by atoms with Gasteiger partial charge in [-0.25, -0.2) is 0 Å². The molecule has 23 heavy (non-hydrogen) atoms.